The van der Waals surface area contributed by atoms with Crippen LogP contribution in [0.3, 0.4) is 0 Å². The van der Waals surface area contributed by atoms with Gasteiger partial charge in [-0.1, -0.05) is 23.7 Å². The summed E-state index contributed by atoms with van der Waals surface area (Å²) in [6, 6.07) is 11.9. The molecule has 0 spiro atoms. The highest BCUT2D eigenvalue weighted by atomic mass is 35.5. The van der Waals surface area contributed by atoms with E-state index in [0.717, 1.165) is 5.56 Å². The number of fused-ring (bicyclic) bond motifs is 1. The van der Waals surface area contributed by atoms with Crippen molar-refractivity contribution in [3.05, 3.63) is 53.1 Å². The number of carbonyl (C=O) groups excluding carboxylic acids is 2. The van der Waals surface area contributed by atoms with Crippen molar-refractivity contribution < 1.29 is 19.1 Å². The molecule has 2 N–H and O–H groups in total. The molecular weight excluding hydrogens is 320 g/mol. The summed E-state index contributed by atoms with van der Waals surface area (Å²) in [6.07, 6.45) is 0. The van der Waals surface area contributed by atoms with Gasteiger partial charge in [0.15, 0.2) is 11.5 Å². The smallest absolute Gasteiger partial charge is 0.313 e. The van der Waals surface area contributed by atoms with Crippen LogP contribution in [0.2, 0.25) is 5.02 Å². The zero-order valence-corrected chi connectivity index (χ0v) is 12.7. The van der Waals surface area contributed by atoms with E-state index in [-0.39, 0.29) is 13.3 Å². The van der Waals surface area contributed by atoms with Crippen molar-refractivity contribution >= 4 is 29.1 Å². The number of ether oxygens (including phenoxy) is 2. The first-order valence-electron chi connectivity index (χ1n) is 6.85. The molecule has 6 nitrogen and oxygen atoms in total. The summed E-state index contributed by atoms with van der Waals surface area (Å²) >= 11 is 5.78. The Morgan fingerprint density at radius 2 is 1.74 bits per heavy atom. The molecule has 0 radical (unpaired) electrons. The number of benzene rings is 2. The molecule has 3 rings (SSSR count). The van der Waals surface area contributed by atoms with Gasteiger partial charge in [-0.05, 0) is 29.8 Å². The molecule has 0 unspecified atom stereocenters. The van der Waals surface area contributed by atoms with Crippen molar-refractivity contribution in [3.63, 3.8) is 0 Å². The molecule has 0 aliphatic carbocycles. The van der Waals surface area contributed by atoms with Gasteiger partial charge in [0.1, 0.15) is 0 Å². The van der Waals surface area contributed by atoms with Crippen LogP contribution in [-0.2, 0) is 16.1 Å². The number of nitrogens with one attached hydrogen (secondary N) is 2. The third-order valence-corrected chi connectivity index (χ3v) is 3.45. The number of amides is 2. The van der Waals surface area contributed by atoms with Gasteiger partial charge in [0.2, 0.25) is 6.79 Å². The SMILES string of the molecule is O=C(NCc1ccc(Cl)cc1)C(=O)Nc1ccc2c(c1)OCO2. The second-order valence-corrected chi connectivity index (χ2v) is 5.27. The summed E-state index contributed by atoms with van der Waals surface area (Å²) in [5.41, 5.74) is 1.31. The highest BCUT2D eigenvalue weighted by Crippen LogP contribution is 2.34. The van der Waals surface area contributed by atoms with E-state index in [0.29, 0.717) is 22.2 Å². The molecule has 0 fully saturated rings. The quantitative estimate of drug-likeness (QED) is 0.846. The van der Waals surface area contributed by atoms with Gasteiger partial charge in [0, 0.05) is 23.3 Å². The molecule has 7 heteroatoms. The van der Waals surface area contributed by atoms with Crippen LogP contribution in [0, 0.1) is 0 Å². The van der Waals surface area contributed by atoms with Crippen LogP contribution in [0.4, 0.5) is 5.69 Å². The highest BCUT2D eigenvalue weighted by Gasteiger charge is 2.17. The fraction of sp³-hybridized carbons (Fsp3) is 0.125. The third kappa shape index (κ3) is 3.73. The number of hydrogen-bond donors (Lipinski definition) is 2. The Morgan fingerprint density at radius 1 is 1.00 bits per heavy atom. The monoisotopic (exact) mass is 332 g/mol. The maximum absolute atomic E-state index is 11.9. The molecule has 0 saturated heterocycles. The van der Waals surface area contributed by atoms with Crippen LogP contribution in [0.25, 0.3) is 0 Å². The van der Waals surface area contributed by atoms with Crippen LogP contribution >= 0.6 is 11.6 Å². The van der Waals surface area contributed by atoms with Crippen molar-refractivity contribution in [1.82, 2.24) is 5.32 Å². The number of carbonyl (C=O) groups is 2. The van der Waals surface area contributed by atoms with Crippen LogP contribution in [0.1, 0.15) is 5.56 Å². The molecule has 0 bridgehead atoms. The lowest BCUT2D eigenvalue weighted by atomic mass is 10.2. The summed E-state index contributed by atoms with van der Waals surface area (Å²) in [5, 5.41) is 5.66. The zero-order chi connectivity index (χ0) is 16.2. The molecular formula is C16H13ClN2O4. The van der Waals surface area contributed by atoms with Gasteiger partial charge in [0.05, 0.1) is 0 Å². The van der Waals surface area contributed by atoms with E-state index >= 15 is 0 Å². The van der Waals surface area contributed by atoms with E-state index in [1.807, 2.05) is 0 Å². The predicted octanol–water partition coefficient (Wildman–Crippen LogP) is 2.32. The molecule has 2 amide bonds. The average Bonchev–Trinajstić information content (AvgIpc) is 3.01. The molecule has 1 aliphatic rings. The van der Waals surface area contributed by atoms with Crippen molar-refractivity contribution in [2.24, 2.45) is 0 Å². The molecule has 2 aromatic rings. The Bertz CT molecular complexity index is 746. The lowest BCUT2D eigenvalue weighted by molar-refractivity contribution is -0.136. The summed E-state index contributed by atoms with van der Waals surface area (Å²) in [6.45, 7) is 0.388. The number of rotatable bonds is 3. The summed E-state index contributed by atoms with van der Waals surface area (Å²) in [4.78, 5) is 23.7. The molecule has 23 heavy (non-hydrogen) atoms. The molecule has 0 aromatic heterocycles. The lowest BCUT2D eigenvalue weighted by Gasteiger charge is -2.07. The van der Waals surface area contributed by atoms with Crippen molar-refractivity contribution in [2.45, 2.75) is 6.54 Å². The summed E-state index contributed by atoms with van der Waals surface area (Å²) in [5.74, 6) is -0.338. The van der Waals surface area contributed by atoms with Gasteiger partial charge < -0.3 is 20.1 Å². The van der Waals surface area contributed by atoms with E-state index in [2.05, 4.69) is 10.6 Å². The van der Waals surface area contributed by atoms with E-state index in [1.165, 1.54) is 0 Å². The van der Waals surface area contributed by atoms with Crippen molar-refractivity contribution in [2.75, 3.05) is 12.1 Å². The van der Waals surface area contributed by atoms with Crippen LogP contribution in [0.15, 0.2) is 42.5 Å². The largest absolute Gasteiger partial charge is 0.454 e. The van der Waals surface area contributed by atoms with Gasteiger partial charge in [-0.15, -0.1) is 0 Å². The standard InChI is InChI=1S/C16H13ClN2O4/c17-11-3-1-10(2-4-11)8-18-15(20)16(21)19-12-5-6-13-14(7-12)23-9-22-13/h1-7H,8-9H2,(H,18,20)(H,19,21). The highest BCUT2D eigenvalue weighted by molar-refractivity contribution is 6.39. The minimum absolute atomic E-state index is 0.147. The zero-order valence-electron chi connectivity index (χ0n) is 12.0. The first kappa shape index (κ1) is 15.2. The Labute approximate surface area is 137 Å². The maximum atomic E-state index is 11.9. The fourth-order valence-electron chi connectivity index (χ4n) is 2.03. The number of anilines is 1. The molecule has 118 valence electrons. The topological polar surface area (TPSA) is 76.7 Å². The van der Waals surface area contributed by atoms with Gasteiger partial charge in [-0.3, -0.25) is 9.59 Å². The predicted molar refractivity (Wildman–Crippen MR) is 84.5 cm³/mol. The Balaban J connectivity index is 1.55. The average molecular weight is 333 g/mol. The Hall–Kier alpha value is -2.73. The number of hydrogen-bond acceptors (Lipinski definition) is 4. The molecule has 1 aliphatic heterocycles. The van der Waals surface area contributed by atoms with Crippen molar-refractivity contribution in [1.29, 1.82) is 0 Å². The maximum Gasteiger partial charge on any atom is 0.313 e. The van der Waals surface area contributed by atoms with E-state index in [9.17, 15) is 9.59 Å². The minimum atomic E-state index is -0.752. The molecule has 0 atom stereocenters. The first-order chi connectivity index (χ1) is 11.1. The molecule has 2 aromatic carbocycles. The molecule has 1 heterocycles. The van der Waals surface area contributed by atoms with Crippen LogP contribution in [-0.4, -0.2) is 18.6 Å². The van der Waals surface area contributed by atoms with Gasteiger partial charge >= 0.3 is 11.8 Å². The van der Waals surface area contributed by atoms with E-state index < -0.39 is 11.8 Å². The van der Waals surface area contributed by atoms with Crippen LogP contribution < -0.4 is 20.1 Å². The lowest BCUT2D eigenvalue weighted by Crippen LogP contribution is -2.34. The second-order valence-electron chi connectivity index (χ2n) is 4.83. The van der Waals surface area contributed by atoms with Crippen LogP contribution in [0.5, 0.6) is 11.5 Å². The third-order valence-electron chi connectivity index (χ3n) is 3.20. The van der Waals surface area contributed by atoms with Gasteiger partial charge in [-0.2, -0.15) is 0 Å². The first-order valence-corrected chi connectivity index (χ1v) is 7.23. The van der Waals surface area contributed by atoms with E-state index in [4.69, 9.17) is 21.1 Å². The van der Waals surface area contributed by atoms with E-state index in [1.54, 1.807) is 42.5 Å². The summed E-state index contributed by atoms with van der Waals surface area (Å²) in [7, 11) is 0. The molecule has 0 saturated carbocycles. The Morgan fingerprint density at radius 3 is 2.52 bits per heavy atom. The summed E-state index contributed by atoms with van der Waals surface area (Å²) < 4.78 is 10.4. The minimum Gasteiger partial charge on any atom is -0.454 e. The second kappa shape index (κ2) is 6.58. The van der Waals surface area contributed by atoms with Gasteiger partial charge in [-0.25, -0.2) is 0 Å². The fourth-order valence-corrected chi connectivity index (χ4v) is 2.15. The normalized spacial score (nSPS) is 11.9. The Kier molecular flexibility index (Phi) is 4.34. The van der Waals surface area contributed by atoms with Gasteiger partial charge in [0.25, 0.3) is 0 Å². The van der Waals surface area contributed by atoms with Crippen molar-refractivity contribution in [3.8, 4) is 11.5 Å². The number of halogens is 1.